The van der Waals surface area contributed by atoms with E-state index < -0.39 is 0 Å². The summed E-state index contributed by atoms with van der Waals surface area (Å²) in [5, 5.41) is 0. The third-order valence-electron chi connectivity index (χ3n) is 1.81. The Kier molecular flexibility index (Phi) is 3.55. The molecule has 0 bridgehead atoms. The number of ether oxygens (including phenoxy) is 2. The smallest absolute Gasteiger partial charge is 0.334 e. The second-order valence-electron chi connectivity index (χ2n) is 2.79. The first-order chi connectivity index (χ1) is 6.26. The lowest BCUT2D eigenvalue weighted by molar-refractivity contribution is -0.137. The van der Waals surface area contributed by atoms with Crippen LogP contribution in [0.15, 0.2) is 24.5 Å². The van der Waals surface area contributed by atoms with Crippen LogP contribution in [0.4, 0.5) is 0 Å². The molecule has 1 heterocycles. The molecule has 0 spiro atoms. The summed E-state index contributed by atoms with van der Waals surface area (Å²) in [5.74, 6) is 0.366. The van der Waals surface area contributed by atoms with Crippen LogP contribution in [-0.2, 0) is 14.3 Å². The summed E-state index contributed by atoms with van der Waals surface area (Å²) >= 11 is 0. The van der Waals surface area contributed by atoms with Crippen LogP contribution in [0.5, 0.6) is 0 Å². The molecular formula is C10H14O3. The van der Waals surface area contributed by atoms with Crippen molar-refractivity contribution in [3.8, 4) is 0 Å². The average Bonchev–Trinajstić information content (AvgIpc) is 2.52. The van der Waals surface area contributed by atoms with Crippen molar-refractivity contribution in [2.24, 2.45) is 0 Å². The summed E-state index contributed by atoms with van der Waals surface area (Å²) in [7, 11) is 0. The van der Waals surface area contributed by atoms with Crippen molar-refractivity contribution in [1.82, 2.24) is 0 Å². The molecule has 0 radical (unpaired) electrons. The molecule has 0 N–H and O–H groups in total. The minimum atomic E-state index is -0.331. The first kappa shape index (κ1) is 9.84. The minimum Gasteiger partial charge on any atom is -0.490 e. The van der Waals surface area contributed by atoms with Gasteiger partial charge in [-0.1, -0.05) is 12.7 Å². The van der Waals surface area contributed by atoms with Gasteiger partial charge in [-0.25, -0.2) is 4.79 Å². The van der Waals surface area contributed by atoms with Crippen LogP contribution in [0.1, 0.15) is 19.8 Å². The van der Waals surface area contributed by atoms with Crippen LogP contribution in [0.3, 0.4) is 0 Å². The van der Waals surface area contributed by atoms with Crippen LogP contribution in [-0.4, -0.2) is 18.7 Å². The Hall–Kier alpha value is -1.25. The van der Waals surface area contributed by atoms with E-state index in [1.807, 2.05) is 0 Å². The molecule has 0 aromatic carbocycles. The Morgan fingerprint density at radius 3 is 3.15 bits per heavy atom. The molecular weight excluding hydrogens is 168 g/mol. The third kappa shape index (κ3) is 2.93. The van der Waals surface area contributed by atoms with E-state index >= 15 is 0 Å². The summed E-state index contributed by atoms with van der Waals surface area (Å²) in [6.07, 6.45) is 4.89. The van der Waals surface area contributed by atoms with Gasteiger partial charge in [-0.05, 0) is 13.3 Å². The summed E-state index contributed by atoms with van der Waals surface area (Å²) < 4.78 is 10.1. The van der Waals surface area contributed by atoms with Gasteiger partial charge < -0.3 is 9.47 Å². The van der Waals surface area contributed by atoms with Crippen LogP contribution in [0, 0.1) is 0 Å². The van der Waals surface area contributed by atoms with E-state index in [4.69, 9.17) is 9.47 Å². The van der Waals surface area contributed by atoms with Gasteiger partial charge in [0.25, 0.3) is 0 Å². The van der Waals surface area contributed by atoms with E-state index in [0.717, 1.165) is 12.8 Å². The molecule has 0 aliphatic carbocycles. The second-order valence-corrected chi connectivity index (χ2v) is 2.79. The zero-order chi connectivity index (χ0) is 9.68. The average molecular weight is 182 g/mol. The highest BCUT2D eigenvalue weighted by Crippen LogP contribution is 2.23. The molecule has 1 atom stereocenters. The van der Waals surface area contributed by atoms with Gasteiger partial charge in [0.1, 0.15) is 11.9 Å². The Morgan fingerprint density at radius 1 is 1.85 bits per heavy atom. The highest BCUT2D eigenvalue weighted by molar-refractivity contribution is 5.82. The molecule has 0 aromatic rings. The van der Waals surface area contributed by atoms with Crippen molar-refractivity contribution in [1.29, 1.82) is 0 Å². The lowest BCUT2D eigenvalue weighted by Crippen LogP contribution is -2.02. The maximum atomic E-state index is 11.0. The number of carbonyl (C=O) groups excluding carboxylic acids is 1. The lowest BCUT2D eigenvalue weighted by Gasteiger charge is -2.03. The third-order valence-corrected chi connectivity index (χ3v) is 1.81. The molecule has 1 rings (SSSR count). The second kappa shape index (κ2) is 4.70. The van der Waals surface area contributed by atoms with Crippen molar-refractivity contribution in [2.45, 2.75) is 25.9 Å². The molecule has 1 aliphatic heterocycles. The van der Waals surface area contributed by atoms with Crippen LogP contribution >= 0.6 is 0 Å². The van der Waals surface area contributed by atoms with E-state index in [2.05, 4.69) is 6.58 Å². The molecule has 72 valence electrons. The quantitative estimate of drug-likeness (QED) is 0.379. The first-order valence-corrected chi connectivity index (χ1v) is 4.42. The minimum absolute atomic E-state index is 0.0562. The Bertz CT molecular complexity index is 230. The molecule has 3 nitrogen and oxygen atoms in total. The number of hydrogen-bond acceptors (Lipinski definition) is 3. The fraction of sp³-hybridized carbons (Fsp3) is 0.500. The first-order valence-electron chi connectivity index (χ1n) is 4.42. The fourth-order valence-corrected chi connectivity index (χ4v) is 1.18. The molecule has 1 fully saturated rings. The highest BCUT2D eigenvalue weighted by atomic mass is 16.5. The monoisotopic (exact) mass is 182 g/mol. The van der Waals surface area contributed by atoms with Gasteiger partial charge in [0.15, 0.2) is 0 Å². The highest BCUT2D eigenvalue weighted by Gasteiger charge is 2.18. The van der Waals surface area contributed by atoms with Gasteiger partial charge >= 0.3 is 5.97 Å². The van der Waals surface area contributed by atoms with E-state index in [-0.39, 0.29) is 12.1 Å². The molecule has 1 aliphatic rings. The Balaban J connectivity index is 2.44. The van der Waals surface area contributed by atoms with Gasteiger partial charge in [0, 0.05) is 6.42 Å². The Morgan fingerprint density at radius 2 is 2.62 bits per heavy atom. The maximum absolute atomic E-state index is 11.0. The lowest BCUT2D eigenvalue weighted by atomic mass is 10.2. The molecule has 0 saturated carbocycles. The van der Waals surface area contributed by atoms with E-state index in [1.165, 1.54) is 6.08 Å². The number of rotatable bonds is 3. The molecule has 0 aromatic heterocycles. The van der Waals surface area contributed by atoms with Crippen molar-refractivity contribution >= 4 is 5.97 Å². The number of allylic oxidation sites excluding steroid dienone is 1. The molecule has 1 saturated heterocycles. The molecule has 13 heavy (non-hydrogen) atoms. The van der Waals surface area contributed by atoms with Crippen molar-refractivity contribution in [3.05, 3.63) is 24.5 Å². The number of esters is 1. The summed E-state index contributed by atoms with van der Waals surface area (Å²) in [6.45, 7) is 5.80. The van der Waals surface area contributed by atoms with Crippen LogP contribution in [0.2, 0.25) is 0 Å². The summed E-state index contributed by atoms with van der Waals surface area (Å²) in [4.78, 5) is 11.0. The van der Waals surface area contributed by atoms with Gasteiger partial charge in [-0.3, -0.25) is 0 Å². The normalized spacial score (nSPS) is 24.1. The predicted molar refractivity (Wildman–Crippen MR) is 49.0 cm³/mol. The van der Waals surface area contributed by atoms with E-state index in [0.29, 0.717) is 12.4 Å². The SMILES string of the molecule is C=CC1CC/C(=C/C(=O)OCC)O1. The van der Waals surface area contributed by atoms with E-state index in [9.17, 15) is 4.79 Å². The van der Waals surface area contributed by atoms with Gasteiger partial charge in [0.2, 0.25) is 0 Å². The number of hydrogen-bond donors (Lipinski definition) is 0. The zero-order valence-corrected chi connectivity index (χ0v) is 7.79. The van der Waals surface area contributed by atoms with Gasteiger partial charge in [-0.15, -0.1) is 0 Å². The summed E-state index contributed by atoms with van der Waals surface area (Å²) in [6, 6.07) is 0. The molecule has 3 heteroatoms. The number of carbonyl (C=O) groups is 1. The summed E-state index contributed by atoms with van der Waals surface area (Å²) in [5.41, 5.74) is 0. The maximum Gasteiger partial charge on any atom is 0.334 e. The zero-order valence-electron chi connectivity index (χ0n) is 7.79. The van der Waals surface area contributed by atoms with Gasteiger partial charge in [0.05, 0.1) is 12.7 Å². The largest absolute Gasteiger partial charge is 0.490 e. The molecule has 0 amide bonds. The van der Waals surface area contributed by atoms with Crippen molar-refractivity contribution in [3.63, 3.8) is 0 Å². The molecule has 1 unspecified atom stereocenters. The van der Waals surface area contributed by atoms with Crippen molar-refractivity contribution < 1.29 is 14.3 Å². The predicted octanol–water partition coefficient (Wildman–Crippen LogP) is 1.80. The van der Waals surface area contributed by atoms with E-state index in [1.54, 1.807) is 13.0 Å². The standard InChI is InChI=1S/C10H14O3/c1-3-8-5-6-9(13-8)7-10(11)12-4-2/h3,7-8H,1,4-6H2,2H3/b9-7-. The van der Waals surface area contributed by atoms with Crippen molar-refractivity contribution in [2.75, 3.05) is 6.61 Å². The van der Waals surface area contributed by atoms with Gasteiger partial charge in [-0.2, -0.15) is 0 Å². The fourth-order valence-electron chi connectivity index (χ4n) is 1.18. The van der Waals surface area contributed by atoms with Crippen LogP contribution in [0.25, 0.3) is 0 Å². The van der Waals surface area contributed by atoms with Crippen LogP contribution < -0.4 is 0 Å². The Labute approximate surface area is 78.0 Å². The topological polar surface area (TPSA) is 35.5 Å².